The van der Waals surface area contributed by atoms with E-state index in [1.165, 1.54) is 11.8 Å². The zero-order valence-electron chi connectivity index (χ0n) is 18.9. The molecule has 0 bridgehead atoms. The van der Waals surface area contributed by atoms with E-state index in [1.54, 1.807) is 42.7 Å². The van der Waals surface area contributed by atoms with Crippen LogP contribution in [-0.4, -0.2) is 50.9 Å². The molecule has 0 radical (unpaired) electrons. The number of imidazole rings is 1. The van der Waals surface area contributed by atoms with Crippen LogP contribution in [0.15, 0.2) is 73.1 Å². The zero-order valence-corrected chi connectivity index (χ0v) is 19.8. The number of nitrogens with one attached hydrogen (secondary N) is 3. The van der Waals surface area contributed by atoms with E-state index in [2.05, 4.69) is 20.6 Å². The second-order valence-corrected chi connectivity index (χ2v) is 8.85. The average molecular weight is 489 g/mol. The van der Waals surface area contributed by atoms with E-state index in [4.69, 9.17) is 0 Å². The molecule has 4 aromatic rings. The first-order valence-electron chi connectivity index (χ1n) is 10.9. The quantitative estimate of drug-likeness (QED) is 0.277. The summed E-state index contributed by atoms with van der Waals surface area (Å²) >= 11 is 1.52. The normalized spacial score (nSPS) is 11.7. The molecule has 1 aromatic heterocycles. The first-order chi connectivity index (χ1) is 17.0. The fourth-order valence-corrected chi connectivity index (χ4v) is 4.16. The van der Waals surface area contributed by atoms with Crippen molar-refractivity contribution in [3.8, 4) is 11.1 Å². The molecule has 0 saturated heterocycles. The Kier molecular flexibility index (Phi) is 7.47. The number of aliphatic carboxylic acids is 1. The second kappa shape index (κ2) is 10.9. The Balaban J connectivity index is 1.62. The molecule has 2 amide bonds. The van der Waals surface area contributed by atoms with E-state index < -0.39 is 17.9 Å². The number of nitrogens with zero attached hydrogens (tertiary/aromatic N) is 1. The molecule has 4 N–H and O–H groups in total. The monoisotopic (exact) mass is 488 g/mol. The van der Waals surface area contributed by atoms with Crippen LogP contribution in [0.5, 0.6) is 0 Å². The summed E-state index contributed by atoms with van der Waals surface area (Å²) < 4.78 is 0. The molecule has 0 aliphatic rings. The van der Waals surface area contributed by atoms with Gasteiger partial charge in [-0.1, -0.05) is 30.3 Å². The van der Waals surface area contributed by atoms with Gasteiger partial charge in [-0.05, 0) is 66.0 Å². The van der Waals surface area contributed by atoms with Gasteiger partial charge in [0.25, 0.3) is 11.8 Å². The van der Waals surface area contributed by atoms with Crippen molar-refractivity contribution in [3.63, 3.8) is 0 Å². The molecule has 0 fully saturated rings. The Morgan fingerprint density at radius 3 is 2.57 bits per heavy atom. The molecule has 3 aromatic carbocycles. The number of amides is 2. The first kappa shape index (κ1) is 24.0. The van der Waals surface area contributed by atoms with Crippen LogP contribution in [0, 0.1) is 0 Å². The molecule has 0 aliphatic carbocycles. The fourth-order valence-electron chi connectivity index (χ4n) is 3.69. The SMILES string of the molecule is CSCC[C@H](NC(=O)c1ccc(NC(=O)c2ccc3nc[nH]c3c2)cc1-c1ccccc1)C(=O)O. The maximum absolute atomic E-state index is 13.1. The van der Waals surface area contributed by atoms with Crippen molar-refractivity contribution in [1.29, 1.82) is 0 Å². The number of thioether (sulfide) groups is 1. The van der Waals surface area contributed by atoms with Crippen LogP contribution in [0.2, 0.25) is 0 Å². The lowest BCUT2D eigenvalue weighted by atomic mass is 9.98. The molecular formula is C26H24N4O4S. The van der Waals surface area contributed by atoms with Crippen LogP contribution in [0.3, 0.4) is 0 Å². The summed E-state index contributed by atoms with van der Waals surface area (Å²) in [5.41, 5.74) is 4.16. The second-order valence-electron chi connectivity index (χ2n) is 7.86. The smallest absolute Gasteiger partial charge is 0.326 e. The highest BCUT2D eigenvalue weighted by atomic mass is 32.2. The molecule has 0 spiro atoms. The highest BCUT2D eigenvalue weighted by Gasteiger charge is 2.22. The van der Waals surface area contributed by atoms with Crippen LogP contribution >= 0.6 is 11.8 Å². The Bertz CT molecular complexity index is 1370. The van der Waals surface area contributed by atoms with Crippen molar-refractivity contribution in [2.45, 2.75) is 12.5 Å². The van der Waals surface area contributed by atoms with Gasteiger partial charge in [0.15, 0.2) is 0 Å². The lowest BCUT2D eigenvalue weighted by molar-refractivity contribution is -0.139. The summed E-state index contributed by atoms with van der Waals surface area (Å²) in [5, 5.41) is 15.0. The van der Waals surface area contributed by atoms with Gasteiger partial charge in [-0.3, -0.25) is 9.59 Å². The lowest BCUT2D eigenvalue weighted by Gasteiger charge is -2.17. The third kappa shape index (κ3) is 5.70. The summed E-state index contributed by atoms with van der Waals surface area (Å²) in [7, 11) is 0. The zero-order chi connectivity index (χ0) is 24.8. The van der Waals surface area contributed by atoms with Gasteiger partial charge in [0.1, 0.15) is 6.04 Å². The molecule has 0 unspecified atom stereocenters. The van der Waals surface area contributed by atoms with Crippen molar-refractivity contribution in [3.05, 3.63) is 84.2 Å². The van der Waals surface area contributed by atoms with Gasteiger partial charge in [-0.15, -0.1) is 0 Å². The summed E-state index contributed by atoms with van der Waals surface area (Å²) in [6.45, 7) is 0. The number of carboxylic acid groups (broad SMARTS) is 1. The number of hydrogen-bond acceptors (Lipinski definition) is 5. The summed E-state index contributed by atoms with van der Waals surface area (Å²) in [6, 6.07) is 18.4. The van der Waals surface area contributed by atoms with Crippen LogP contribution < -0.4 is 10.6 Å². The predicted octanol–water partition coefficient (Wildman–Crippen LogP) is 4.42. The molecule has 1 atom stereocenters. The molecule has 1 heterocycles. The number of carbonyl (C=O) groups is 3. The maximum Gasteiger partial charge on any atom is 0.326 e. The van der Waals surface area contributed by atoms with Gasteiger partial charge in [0.05, 0.1) is 17.4 Å². The molecule has 4 rings (SSSR count). The molecule has 9 heteroatoms. The summed E-state index contributed by atoms with van der Waals surface area (Å²) in [6.07, 6.45) is 3.77. The molecule has 178 valence electrons. The van der Waals surface area contributed by atoms with E-state index in [0.29, 0.717) is 34.6 Å². The Labute approximate surface area is 206 Å². The van der Waals surface area contributed by atoms with Crippen LogP contribution in [-0.2, 0) is 4.79 Å². The van der Waals surface area contributed by atoms with Gasteiger partial charge >= 0.3 is 5.97 Å². The number of aromatic amines is 1. The largest absolute Gasteiger partial charge is 0.480 e. The Morgan fingerprint density at radius 2 is 1.83 bits per heavy atom. The van der Waals surface area contributed by atoms with Gasteiger partial charge in [-0.25, -0.2) is 9.78 Å². The van der Waals surface area contributed by atoms with Crippen molar-refractivity contribution in [1.82, 2.24) is 15.3 Å². The lowest BCUT2D eigenvalue weighted by Crippen LogP contribution is -2.41. The number of hydrogen-bond donors (Lipinski definition) is 4. The van der Waals surface area contributed by atoms with E-state index in [-0.39, 0.29) is 5.91 Å². The Hall–Kier alpha value is -4.11. The van der Waals surface area contributed by atoms with Gasteiger partial charge < -0.3 is 20.7 Å². The van der Waals surface area contributed by atoms with E-state index in [1.807, 2.05) is 36.6 Å². The van der Waals surface area contributed by atoms with Crippen LogP contribution in [0.1, 0.15) is 27.1 Å². The van der Waals surface area contributed by atoms with Crippen LogP contribution in [0.4, 0.5) is 5.69 Å². The number of carbonyl (C=O) groups excluding carboxylic acids is 2. The number of H-pyrrole nitrogens is 1. The predicted molar refractivity (Wildman–Crippen MR) is 138 cm³/mol. The van der Waals surface area contributed by atoms with Gasteiger partial charge in [-0.2, -0.15) is 11.8 Å². The standard InChI is InChI=1S/C26H24N4O4S/c1-35-12-11-22(26(33)34)30-25(32)19-9-8-18(14-20(19)16-5-3-2-4-6-16)29-24(31)17-7-10-21-23(13-17)28-15-27-21/h2-10,13-15,22H,11-12H2,1H3,(H,27,28)(H,29,31)(H,30,32)(H,33,34)/t22-/m0/s1. The summed E-state index contributed by atoms with van der Waals surface area (Å²) in [5.74, 6) is -1.26. The molecule has 8 nitrogen and oxygen atoms in total. The maximum atomic E-state index is 13.1. The molecule has 35 heavy (non-hydrogen) atoms. The van der Waals surface area contributed by atoms with Crippen molar-refractivity contribution in [2.24, 2.45) is 0 Å². The van der Waals surface area contributed by atoms with E-state index in [0.717, 1.165) is 16.6 Å². The van der Waals surface area contributed by atoms with E-state index in [9.17, 15) is 19.5 Å². The third-order valence-corrected chi connectivity index (χ3v) is 6.15. The number of benzene rings is 3. The molecular weight excluding hydrogens is 464 g/mol. The van der Waals surface area contributed by atoms with Crippen LogP contribution in [0.25, 0.3) is 22.2 Å². The summed E-state index contributed by atoms with van der Waals surface area (Å²) in [4.78, 5) is 44.7. The highest BCUT2D eigenvalue weighted by Crippen LogP contribution is 2.28. The van der Waals surface area contributed by atoms with Crippen molar-refractivity contribution in [2.75, 3.05) is 17.3 Å². The van der Waals surface area contributed by atoms with E-state index >= 15 is 0 Å². The number of rotatable bonds is 9. The minimum absolute atomic E-state index is 0.305. The topological polar surface area (TPSA) is 124 Å². The molecule has 0 aliphatic heterocycles. The minimum atomic E-state index is -1.08. The fraction of sp³-hybridized carbons (Fsp3) is 0.154. The van der Waals surface area contributed by atoms with Gasteiger partial charge in [0.2, 0.25) is 0 Å². The van der Waals surface area contributed by atoms with Crippen molar-refractivity contribution < 1.29 is 19.5 Å². The first-order valence-corrected chi connectivity index (χ1v) is 12.3. The van der Waals surface area contributed by atoms with Crippen molar-refractivity contribution >= 4 is 46.3 Å². The number of fused-ring (bicyclic) bond motifs is 1. The molecule has 0 saturated carbocycles. The van der Waals surface area contributed by atoms with Gasteiger partial charge in [0, 0.05) is 16.8 Å². The third-order valence-electron chi connectivity index (χ3n) is 5.50. The number of aromatic nitrogens is 2. The minimum Gasteiger partial charge on any atom is -0.480 e. The number of anilines is 1. The average Bonchev–Trinajstić information content (AvgIpc) is 3.34. The number of carboxylic acids is 1. The Morgan fingerprint density at radius 1 is 1.03 bits per heavy atom. The highest BCUT2D eigenvalue weighted by molar-refractivity contribution is 7.98.